The lowest BCUT2D eigenvalue weighted by atomic mass is 9.96. The molecule has 0 radical (unpaired) electrons. The molecule has 2 unspecified atom stereocenters. The van der Waals surface area contributed by atoms with Gasteiger partial charge in [-0.2, -0.15) is 0 Å². The fourth-order valence-corrected chi connectivity index (χ4v) is 5.63. The van der Waals surface area contributed by atoms with Crippen LogP contribution in [0.1, 0.15) is 53.0 Å². The molecule has 0 aliphatic carbocycles. The number of hydrogen-bond donors (Lipinski definition) is 2. The molecule has 28 heavy (non-hydrogen) atoms. The Hall–Kier alpha value is -1.07. The SMILES string of the molecule is CCCCP(=O)(CC(O)(CNC(=O)OC(C)(C)C)c1ccc(Cl)cc1)OCC. The molecule has 6 nitrogen and oxygen atoms in total. The van der Waals surface area contributed by atoms with Gasteiger partial charge in [0.05, 0.1) is 19.3 Å². The third kappa shape index (κ3) is 8.52. The van der Waals surface area contributed by atoms with Gasteiger partial charge in [0.15, 0.2) is 0 Å². The molecule has 0 spiro atoms. The molecule has 0 aromatic heterocycles. The van der Waals surface area contributed by atoms with Gasteiger partial charge in [0.1, 0.15) is 11.2 Å². The van der Waals surface area contributed by atoms with Crippen molar-refractivity contribution < 1.29 is 23.7 Å². The van der Waals surface area contributed by atoms with Crippen LogP contribution in [-0.4, -0.2) is 42.3 Å². The quantitative estimate of drug-likeness (QED) is 0.497. The first-order chi connectivity index (χ1) is 12.9. The van der Waals surface area contributed by atoms with Crippen molar-refractivity contribution in [3.63, 3.8) is 0 Å². The summed E-state index contributed by atoms with van der Waals surface area (Å²) in [4.78, 5) is 12.1. The van der Waals surface area contributed by atoms with Crippen LogP contribution in [0.2, 0.25) is 5.02 Å². The van der Waals surface area contributed by atoms with Gasteiger partial charge in [0.25, 0.3) is 0 Å². The van der Waals surface area contributed by atoms with Gasteiger partial charge in [-0.1, -0.05) is 37.1 Å². The lowest BCUT2D eigenvalue weighted by molar-refractivity contribution is 0.0317. The average molecular weight is 434 g/mol. The predicted octanol–water partition coefficient (Wildman–Crippen LogP) is 5.17. The minimum Gasteiger partial charge on any atom is -0.444 e. The van der Waals surface area contributed by atoms with Gasteiger partial charge in [0, 0.05) is 11.2 Å². The normalized spacial score (nSPS) is 16.1. The van der Waals surface area contributed by atoms with Gasteiger partial charge in [0.2, 0.25) is 7.37 Å². The second kappa shape index (κ2) is 10.6. The van der Waals surface area contributed by atoms with E-state index in [4.69, 9.17) is 20.9 Å². The van der Waals surface area contributed by atoms with Crippen LogP contribution < -0.4 is 5.32 Å². The highest BCUT2D eigenvalue weighted by Gasteiger charge is 2.39. The van der Waals surface area contributed by atoms with Crippen LogP contribution in [0.4, 0.5) is 4.79 Å². The van der Waals surface area contributed by atoms with Crippen LogP contribution in [0.25, 0.3) is 0 Å². The molecule has 1 rings (SSSR count). The van der Waals surface area contributed by atoms with Crippen molar-refractivity contribution in [3.8, 4) is 0 Å². The van der Waals surface area contributed by atoms with E-state index in [1.165, 1.54) is 0 Å². The topological polar surface area (TPSA) is 84.9 Å². The van der Waals surface area contributed by atoms with Crippen molar-refractivity contribution in [3.05, 3.63) is 34.9 Å². The summed E-state index contributed by atoms with van der Waals surface area (Å²) >= 11 is 5.96. The maximum absolute atomic E-state index is 13.3. The number of ether oxygens (including phenoxy) is 1. The number of amides is 1. The molecule has 1 aromatic carbocycles. The van der Waals surface area contributed by atoms with Crippen LogP contribution in [-0.2, 0) is 19.4 Å². The first-order valence-electron chi connectivity index (χ1n) is 9.61. The van der Waals surface area contributed by atoms with Crippen molar-refractivity contribution in [2.24, 2.45) is 0 Å². The van der Waals surface area contributed by atoms with Crippen LogP contribution >= 0.6 is 19.0 Å². The van der Waals surface area contributed by atoms with Gasteiger partial charge < -0.3 is 19.7 Å². The maximum atomic E-state index is 13.3. The molecule has 0 aliphatic rings. The van der Waals surface area contributed by atoms with Crippen molar-refractivity contribution >= 4 is 25.1 Å². The highest BCUT2D eigenvalue weighted by molar-refractivity contribution is 7.59. The molecular weight excluding hydrogens is 401 g/mol. The molecule has 2 atom stereocenters. The Bertz CT molecular complexity index is 674. The molecule has 0 saturated heterocycles. The number of benzene rings is 1. The summed E-state index contributed by atoms with van der Waals surface area (Å²) in [7, 11) is -3.11. The fraction of sp³-hybridized carbons (Fsp3) is 0.650. The van der Waals surface area contributed by atoms with Crippen LogP contribution in [0.15, 0.2) is 24.3 Å². The number of carbonyl (C=O) groups excluding carboxylic acids is 1. The summed E-state index contributed by atoms with van der Waals surface area (Å²) in [6, 6.07) is 6.62. The lowest BCUT2D eigenvalue weighted by Gasteiger charge is -2.33. The molecular formula is C20H33ClNO5P. The van der Waals surface area contributed by atoms with Crippen molar-refractivity contribution in [1.82, 2.24) is 5.32 Å². The number of rotatable bonds is 10. The molecule has 0 aliphatic heterocycles. The molecule has 0 saturated carbocycles. The van der Waals surface area contributed by atoms with Crippen LogP contribution in [0.5, 0.6) is 0 Å². The summed E-state index contributed by atoms with van der Waals surface area (Å²) in [5.74, 6) is 0. The van der Waals surface area contributed by atoms with Crippen LogP contribution in [0, 0.1) is 0 Å². The maximum Gasteiger partial charge on any atom is 0.407 e. The van der Waals surface area contributed by atoms with Crippen molar-refractivity contribution in [2.75, 3.05) is 25.5 Å². The second-order valence-electron chi connectivity index (χ2n) is 7.86. The molecule has 1 amide bonds. The number of alkyl carbamates (subject to hydrolysis) is 1. The number of halogens is 1. The van der Waals surface area contributed by atoms with E-state index in [9.17, 15) is 14.5 Å². The minimum absolute atomic E-state index is 0.106. The Morgan fingerprint density at radius 3 is 2.32 bits per heavy atom. The van der Waals surface area contributed by atoms with Crippen molar-refractivity contribution in [1.29, 1.82) is 0 Å². The molecule has 160 valence electrons. The van der Waals surface area contributed by atoms with Gasteiger partial charge in [-0.3, -0.25) is 4.57 Å². The summed E-state index contributed by atoms with van der Waals surface area (Å²) in [5, 5.41) is 14.5. The Kier molecular flexibility index (Phi) is 9.48. The number of carbonyl (C=O) groups is 1. The zero-order valence-electron chi connectivity index (χ0n) is 17.5. The number of hydrogen-bond acceptors (Lipinski definition) is 5. The Morgan fingerprint density at radius 1 is 1.21 bits per heavy atom. The highest BCUT2D eigenvalue weighted by atomic mass is 35.5. The average Bonchev–Trinajstić information content (AvgIpc) is 2.57. The van der Waals surface area contributed by atoms with Gasteiger partial charge in [-0.05, 0) is 51.8 Å². The molecule has 0 fully saturated rings. The largest absolute Gasteiger partial charge is 0.444 e. The predicted molar refractivity (Wildman–Crippen MR) is 113 cm³/mol. The third-order valence-corrected chi connectivity index (χ3v) is 7.01. The van der Waals surface area contributed by atoms with E-state index in [0.717, 1.165) is 12.8 Å². The first kappa shape index (κ1) is 25.0. The minimum atomic E-state index is -3.11. The standard InChI is InChI=1S/C20H33ClNO5P/c1-6-8-13-28(25,26-7-2)15-20(24,16-9-11-17(21)12-10-16)14-22-18(23)27-19(3,4)5/h9-12,24H,6-8,13-15H2,1-5H3,(H,22,23). The number of aliphatic hydroxyl groups is 1. The monoisotopic (exact) mass is 433 g/mol. The smallest absolute Gasteiger partial charge is 0.407 e. The van der Waals surface area contributed by atoms with Gasteiger partial charge >= 0.3 is 6.09 Å². The van der Waals surface area contributed by atoms with E-state index < -0.39 is 24.7 Å². The number of unbranched alkanes of at least 4 members (excludes halogenated alkanes) is 1. The lowest BCUT2D eigenvalue weighted by Crippen LogP contribution is -2.45. The third-order valence-electron chi connectivity index (χ3n) is 4.02. The summed E-state index contributed by atoms with van der Waals surface area (Å²) in [6.07, 6.45) is 1.21. The molecule has 8 heteroatoms. The number of nitrogens with one attached hydrogen (secondary N) is 1. The summed E-state index contributed by atoms with van der Waals surface area (Å²) in [5.41, 5.74) is -1.74. The molecule has 0 heterocycles. The molecule has 1 aromatic rings. The fourth-order valence-electron chi connectivity index (χ4n) is 2.76. The van der Waals surface area contributed by atoms with Gasteiger partial charge in [-0.15, -0.1) is 0 Å². The Balaban J connectivity index is 3.11. The Labute approximate surface area is 173 Å². The summed E-state index contributed by atoms with van der Waals surface area (Å²) < 4.78 is 24.2. The van der Waals surface area contributed by atoms with E-state index in [1.54, 1.807) is 52.0 Å². The van der Waals surface area contributed by atoms with Crippen molar-refractivity contribution in [2.45, 2.75) is 58.7 Å². The van der Waals surface area contributed by atoms with E-state index in [0.29, 0.717) is 16.7 Å². The van der Waals surface area contributed by atoms with E-state index in [-0.39, 0.29) is 19.3 Å². The van der Waals surface area contributed by atoms with E-state index >= 15 is 0 Å². The second-order valence-corrected chi connectivity index (χ2v) is 10.9. The zero-order chi connectivity index (χ0) is 21.4. The molecule has 2 N–H and O–H groups in total. The zero-order valence-corrected chi connectivity index (χ0v) is 19.1. The highest BCUT2D eigenvalue weighted by Crippen LogP contribution is 2.52. The molecule has 0 bridgehead atoms. The Morgan fingerprint density at radius 2 is 1.82 bits per heavy atom. The summed E-state index contributed by atoms with van der Waals surface area (Å²) in [6.45, 7) is 9.18. The van der Waals surface area contributed by atoms with E-state index in [1.807, 2.05) is 6.92 Å². The van der Waals surface area contributed by atoms with Crippen LogP contribution in [0.3, 0.4) is 0 Å². The van der Waals surface area contributed by atoms with E-state index in [2.05, 4.69) is 5.32 Å². The first-order valence-corrected chi connectivity index (χ1v) is 12.0. The van der Waals surface area contributed by atoms with Gasteiger partial charge in [-0.25, -0.2) is 4.79 Å².